The number of nitrogens with one attached hydrogen (secondary N) is 1. The molecule has 136 valence electrons. The van der Waals surface area contributed by atoms with Crippen molar-refractivity contribution in [2.45, 2.75) is 32.8 Å². The molecule has 0 saturated heterocycles. The number of amides is 1. The van der Waals surface area contributed by atoms with Crippen molar-refractivity contribution in [3.05, 3.63) is 65.5 Å². The Labute approximate surface area is 151 Å². The quantitative estimate of drug-likeness (QED) is 0.601. The summed E-state index contributed by atoms with van der Waals surface area (Å²) in [5.74, 6) is -1.62. The summed E-state index contributed by atoms with van der Waals surface area (Å²) in [5.41, 5.74) is 1.12. The highest BCUT2D eigenvalue weighted by Gasteiger charge is 2.20. The Bertz CT molecular complexity index is 784. The highest BCUT2D eigenvalue weighted by atomic mass is 19.1. The highest BCUT2D eigenvalue weighted by molar-refractivity contribution is 6.02. The molecule has 1 N–H and O–H groups in total. The van der Waals surface area contributed by atoms with Crippen LogP contribution in [0.2, 0.25) is 0 Å². The van der Waals surface area contributed by atoms with Crippen molar-refractivity contribution < 1.29 is 23.5 Å². The lowest BCUT2D eigenvalue weighted by Crippen LogP contribution is -2.24. The molecule has 0 unspecified atom stereocenters. The summed E-state index contributed by atoms with van der Waals surface area (Å²) in [6.07, 6.45) is 0.184. The number of hydrogen-bond acceptors (Lipinski definition) is 4. The summed E-state index contributed by atoms with van der Waals surface area (Å²) in [6, 6.07) is 11.2. The third-order valence-corrected chi connectivity index (χ3v) is 3.66. The van der Waals surface area contributed by atoms with Crippen molar-refractivity contribution in [2.24, 2.45) is 0 Å². The van der Waals surface area contributed by atoms with Gasteiger partial charge in [-0.15, -0.1) is 0 Å². The minimum Gasteiger partial charge on any atom is -0.451 e. The van der Waals surface area contributed by atoms with E-state index < -0.39 is 17.9 Å². The van der Waals surface area contributed by atoms with Gasteiger partial charge in [0.1, 0.15) is 5.82 Å². The summed E-state index contributed by atoms with van der Waals surface area (Å²) in [5, 5.41) is 2.73. The van der Waals surface area contributed by atoms with E-state index in [-0.39, 0.29) is 17.3 Å². The fourth-order valence-corrected chi connectivity index (χ4v) is 2.27. The van der Waals surface area contributed by atoms with E-state index in [1.54, 1.807) is 24.3 Å². The molecule has 2 aromatic carbocycles. The lowest BCUT2D eigenvalue weighted by atomic mass is 10.1. The molecule has 0 aliphatic carbocycles. The molecule has 2 rings (SSSR count). The van der Waals surface area contributed by atoms with E-state index in [4.69, 9.17) is 4.74 Å². The fourth-order valence-electron chi connectivity index (χ4n) is 2.27. The number of rotatable bonds is 7. The van der Waals surface area contributed by atoms with Crippen LogP contribution in [-0.4, -0.2) is 23.8 Å². The van der Waals surface area contributed by atoms with Crippen LogP contribution in [0.3, 0.4) is 0 Å². The largest absolute Gasteiger partial charge is 0.451 e. The van der Waals surface area contributed by atoms with Gasteiger partial charge in [-0.1, -0.05) is 6.92 Å². The molecule has 0 radical (unpaired) electrons. The first-order valence-electron chi connectivity index (χ1n) is 8.31. The second-order valence-electron chi connectivity index (χ2n) is 5.79. The molecule has 26 heavy (non-hydrogen) atoms. The zero-order valence-electron chi connectivity index (χ0n) is 14.6. The Morgan fingerprint density at radius 1 is 1.00 bits per heavy atom. The first kappa shape index (κ1) is 19.3. The SMILES string of the molecule is CCCC(=O)Nc1ccc(C(=O)[C@H](C)OC(=O)c2ccc(F)cc2)cc1. The van der Waals surface area contributed by atoms with Crippen LogP contribution in [0.5, 0.6) is 0 Å². The van der Waals surface area contributed by atoms with Gasteiger partial charge in [-0.25, -0.2) is 9.18 Å². The topological polar surface area (TPSA) is 72.5 Å². The van der Waals surface area contributed by atoms with E-state index in [0.29, 0.717) is 17.7 Å². The van der Waals surface area contributed by atoms with E-state index in [0.717, 1.165) is 18.6 Å². The molecule has 1 atom stereocenters. The number of ether oxygens (including phenoxy) is 1. The second-order valence-corrected chi connectivity index (χ2v) is 5.79. The molecule has 1 amide bonds. The van der Waals surface area contributed by atoms with Crippen molar-refractivity contribution in [3.63, 3.8) is 0 Å². The maximum absolute atomic E-state index is 12.9. The maximum atomic E-state index is 12.9. The van der Waals surface area contributed by atoms with Gasteiger partial charge in [0.2, 0.25) is 11.7 Å². The van der Waals surface area contributed by atoms with E-state index >= 15 is 0 Å². The van der Waals surface area contributed by atoms with E-state index in [2.05, 4.69) is 5.32 Å². The Balaban J connectivity index is 1.98. The van der Waals surface area contributed by atoms with Gasteiger partial charge in [-0.2, -0.15) is 0 Å². The van der Waals surface area contributed by atoms with Gasteiger partial charge in [-0.3, -0.25) is 9.59 Å². The minimum absolute atomic E-state index is 0.0897. The van der Waals surface area contributed by atoms with Crippen LogP contribution in [0.25, 0.3) is 0 Å². The molecule has 0 saturated carbocycles. The number of hydrogen-bond donors (Lipinski definition) is 1. The van der Waals surface area contributed by atoms with Gasteiger partial charge in [0.05, 0.1) is 5.56 Å². The molecule has 0 aromatic heterocycles. The number of halogens is 1. The van der Waals surface area contributed by atoms with Crippen molar-refractivity contribution in [1.82, 2.24) is 0 Å². The second kappa shape index (κ2) is 8.89. The standard InChI is InChI=1S/C20H20FNO4/c1-3-4-18(23)22-17-11-7-14(8-12-17)19(24)13(2)26-20(25)15-5-9-16(21)10-6-15/h5-13H,3-4H2,1-2H3,(H,22,23)/t13-/m0/s1. The zero-order chi connectivity index (χ0) is 19.1. The summed E-state index contributed by atoms with van der Waals surface area (Å²) in [4.78, 5) is 35.9. The van der Waals surface area contributed by atoms with Crippen molar-refractivity contribution in [3.8, 4) is 0 Å². The molecular formula is C20H20FNO4. The number of benzene rings is 2. The number of carbonyl (C=O) groups excluding carboxylic acids is 3. The van der Waals surface area contributed by atoms with Crippen LogP contribution in [0.15, 0.2) is 48.5 Å². The van der Waals surface area contributed by atoms with E-state index in [1.807, 2.05) is 6.92 Å². The van der Waals surface area contributed by atoms with Gasteiger partial charge >= 0.3 is 5.97 Å². The third-order valence-electron chi connectivity index (χ3n) is 3.66. The van der Waals surface area contributed by atoms with Crippen LogP contribution in [-0.2, 0) is 9.53 Å². The molecule has 0 fully saturated rings. The number of esters is 1. The molecule has 0 heterocycles. The van der Waals surface area contributed by atoms with Crippen LogP contribution in [0.1, 0.15) is 47.4 Å². The predicted octanol–water partition coefficient (Wildman–Crippen LogP) is 3.99. The Morgan fingerprint density at radius 2 is 1.58 bits per heavy atom. The molecule has 0 bridgehead atoms. The maximum Gasteiger partial charge on any atom is 0.338 e. The van der Waals surface area contributed by atoms with Crippen molar-refractivity contribution >= 4 is 23.3 Å². The minimum atomic E-state index is -0.993. The number of ketones is 1. The smallest absolute Gasteiger partial charge is 0.338 e. The summed E-state index contributed by atoms with van der Waals surface area (Å²) >= 11 is 0. The Kier molecular flexibility index (Phi) is 6.60. The van der Waals surface area contributed by atoms with Crippen molar-refractivity contribution in [1.29, 1.82) is 0 Å². The van der Waals surface area contributed by atoms with Crippen LogP contribution in [0.4, 0.5) is 10.1 Å². The molecule has 0 spiro atoms. The lowest BCUT2D eigenvalue weighted by molar-refractivity contribution is -0.116. The lowest BCUT2D eigenvalue weighted by Gasteiger charge is -2.13. The van der Waals surface area contributed by atoms with Crippen LogP contribution < -0.4 is 5.32 Å². The number of anilines is 1. The van der Waals surface area contributed by atoms with Gasteiger partial charge in [0.25, 0.3) is 0 Å². The predicted molar refractivity (Wildman–Crippen MR) is 95.6 cm³/mol. The van der Waals surface area contributed by atoms with Gasteiger partial charge < -0.3 is 10.1 Å². The summed E-state index contributed by atoms with van der Waals surface area (Å²) in [7, 11) is 0. The molecular weight excluding hydrogens is 337 g/mol. The molecule has 5 nitrogen and oxygen atoms in total. The molecule has 0 aliphatic heterocycles. The molecule has 6 heteroatoms. The normalized spacial score (nSPS) is 11.5. The summed E-state index contributed by atoms with van der Waals surface area (Å²) < 4.78 is 18.0. The number of carbonyl (C=O) groups is 3. The summed E-state index contributed by atoms with van der Waals surface area (Å²) in [6.45, 7) is 3.39. The average molecular weight is 357 g/mol. The third kappa shape index (κ3) is 5.24. The highest BCUT2D eigenvalue weighted by Crippen LogP contribution is 2.14. The first-order chi connectivity index (χ1) is 12.4. The first-order valence-corrected chi connectivity index (χ1v) is 8.31. The van der Waals surface area contributed by atoms with Crippen molar-refractivity contribution in [2.75, 3.05) is 5.32 Å². The Hall–Kier alpha value is -3.02. The molecule has 2 aromatic rings. The molecule has 0 aliphatic rings. The average Bonchev–Trinajstić information content (AvgIpc) is 2.62. The van der Waals surface area contributed by atoms with E-state index in [9.17, 15) is 18.8 Å². The van der Waals surface area contributed by atoms with Crippen LogP contribution >= 0.6 is 0 Å². The number of Topliss-reactive ketones (excluding diaryl/α,β-unsaturated/α-hetero) is 1. The fraction of sp³-hybridized carbons (Fsp3) is 0.250. The van der Waals surface area contributed by atoms with Crippen LogP contribution in [0, 0.1) is 5.82 Å². The zero-order valence-corrected chi connectivity index (χ0v) is 14.6. The van der Waals surface area contributed by atoms with Gasteiger partial charge in [0, 0.05) is 17.7 Å². The Morgan fingerprint density at radius 3 is 2.15 bits per heavy atom. The van der Waals surface area contributed by atoms with Gasteiger partial charge in [0.15, 0.2) is 6.10 Å². The monoisotopic (exact) mass is 357 g/mol. The van der Waals surface area contributed by atoms with Gasteiger partial charge in [-0.05, 0) is 61.9 Å². The van der Waals surface area contributed by atoms with E-state index in [1.165, 1.54) is 19.1 Å².